The zero-order valence-electron chi connectivity index (χ0n) is 13.2. The Morgan fingerprint density at radius 3 is 2.74 bits per heavy atom. The van der Waals surface area contributed by atoms with Crippen molar-refractivity contribution in [3.63, 3.8) is 0 Å². The first-order valence-corrected chi connectivity index (χ1v) is 8.60. The van der Waals surface area contributed by atoms with E-state index in [2.05, 4.69) is 17.0 Å². The molecule has 0 amide bonds. The molecule has 0 atom stereocenters. The number of nitrogens with one attached hydrogen (secondary N) is 1. The third kappa shape index (κ3) is 3.42. The number of aromatic amines is 1. The first-order chi connectivity index (χ1) is 11.2. The molecule has 23 heavy (non-hydrogen) atoms. The zero-order valence-corrected chi connectivity index (χ0v) is 14.0. The molecule has 3 rings (SSSR count). The van der Waals surface area contributed by atoms with E-state index in [-0.39, 0.29) is 5.56 Å². The van der Waals surface area contributed by atoms with Gasteiger partial charge in [-0.3, -0.25) is 4.79 Å². The molecule has 0 unspecified atom stereocenters. The molecule has 2 heterocycles. The third-order valence-corrected chi connectivity index (χ3v) is 4.56. The van der Waals surface area contributed by atoms with Gasteiger partial charge in [0.15, 0.2) is 0 Å². The molecule has 120 valence electrons. The van der Waals surface area contributed by atoms with Crippen molar-refractivity contribution in [3.05, 3.63) is 46.8 Å². The van der Waals surface area contributed by atoms with Crippen LogP contribution in [-0.2, 0) is 0 Å². The Morgan fingerprint density at radius 1 is 1.26 bits per heavy atom. The highest BCUT2D eigenvalue weighted by atomic mass is 32.2. The van der Waals surface area contributed by atoms with Crippen molar-refractivity contribution in [2.75, 3.05) is 12.9 Å². The number of benzene rings is 1. The highest BCUT2D eigenvalue weighted by molar-refractivity contribution is 7.99. The first kappa shape index (κ1) is 15.7. The summed E-state index contributed by atoms with van der Waals surface area (Å²) in [7, 11) is 1.63. The maximum Gasteiger partial charge on any atom is 0.274 e. The van der Waals surface area contributed by atoms with Crippen LogP contribution < -0.4 is 10.3 Å². The van der Waals surface area contributed by atoms with Gasteiger partial charge in [0.1, 0.15) is 16.4 Å². The number of aromatic nitrogens is 3. The van der Waals surface area contributed by atoms with Crippen LogP contribution in [0, 0.1) is 0 Å². The minimum absolute atomic E-state index is 0.132. The Bertz CT molecular complexity index is 852. The number of thioether (sulfide) groups is 1. The highest BCUT2D eigenvalue weighted by Crippen LogP contribution is 2.22. The zero-order chi connectivity index (χ0) is 16.2. The van der Waals surface area contributed by atoms with Gasteiger partial charge in [0, 0.05) is 12.1 Å². The molecule has 2 aromatic heterocycles. The Balaban J connectivity index is 1.94. The summed E-state index contributed by atoms with van der Waals surface area (Å²) < 4.78 is 6.58. The van der Waals surface area contributed by atoms with Crippen molar-refractivity contribution < 1.29 is 4.74 Å². The third-order valence-electron chi connectivity index (χ3n) is 3.58. The van der Waals surface area contributed by atoms with E-state index in [1.165, 1.54) is 4.52 Å². The number of H-pyrrole nitrogens is 1. The van der Waals surface area contributed by atoms with E-state index in [0.29, 0.717) is 5.65 Å². The van der Waals surface area contributed by atoms with Crippen LogP contribution in [0.4, 0.5) is 0 Å². The maximum atomic E-state index is 12.3. The van der Waals surface area contributed by atoms with Crippen LogP contribution in [0.25, 0.3) is 16.9 Å². The van der Waals surface area contributed by atoms with Gasteiger partial charge >= 0.3 is 0 Å². The average Bonchev–Trinajstić information content (AvgIpc) is 2.99. The summed E-state index contributed by atoms with van der Waals surface area (Å²) in [6.07, 6.45) is 2.30. The standard InChI is InChI=1S/C17H19N3O2S/c1-3-4-9-23-16-11-15-18-14(10-17(21)20(15)19-16)12-5-7-13(22-2)8-6-12/h5-8,10-11,18H,3-4,9H2,1-2H3. The molecule has 5 nitrogen and oxygen atoms in total. The second-order valence-corrected chi connectivity index (χ2v) is 6.35. The predicted octanol–water partition coefficient (Wildman–Crippen LogP) is 3.59. The van der Waals surface area contributed by atoms with Crippen molar-refractivity contribution >= 4 is 17.4 Å². The lowest BCUT2D eigenvalue weighted by atomic mass is 10.1. The largest absolute Gasteiger partial charge is 0.497 e. The molecule has 3 aromatic rings. The van der Waals surface area contributed by atoms with E-state index in [1.807, 2.05) is 30.3 Å². The lowest BCUT2D eigenvalue weighted by molar-refractivity contribution is 0.415. The van der Waals surface area contributed by atoms with Gasteiger partial charge in [-0.2, -0.15) is 9.61 Å². The summed E-state index contributed by atoms with van der Waals surface area (Å²) in [5.74, 6) is 1.80. The van der Waals surface area contributed by atoms with Crippen molar-refractivity contribution in [2.45, 2.75) is 24.8 Å². The van der Waals surface area contributed by atoms with Gasteiger partial charge < -0.3 is 9.72 Å². The number of fused-ring (bicyclic) bond motifs is 1. The number of ether oxygens (including phenoxy) is 1. The monoisotopic (exact) mass is 329 g/mol. The summed E-state index contributed by atoms with van der Waals surface area (Å²) in [5.41, 5.74) is 2.29. The molecule has 0 aliphatic rings. The Hall–Kier alpha value is -2.21. The average molecular weight is 329 g/mol. The van der Waals surface area contributed by atoms with Gasteiger partial charge in [-0.1, -0.05) is 13.3 Å². The summed E-state index contributed by atoms with van der Waals surface area (Å²) in [6.45, 7) is 2.16. The molecule has 0 aliphatic heterocycles. The lowest BCUT2D eigenvalue weighted by Gasteiger charge is -2.04. The summed E-state index contributed by atoms with van der Waals surface area (Å²) in [4.78, 5) is 15.6. The molecular weight excluding hydrogens is 310 g/mol. The number of methoxy groups -OCH3 is 1. The van der Waals surface area contributed by atoms with E-state index in [4.69, 9.17) is 4.74 Å². The van der Waals surface area contributed by atoms with Gasteiger partial charge in [-0.25, -0.2) is 0 Å². The first-order valence-electron chi connectivity index (χ1n) is 7.61. The van der Waals surface area contributed by atoms with E-state index in [1.54, 1.807) is 24.9 Å². The minimum atomic E-state index is -0.132. The summed E-state index contributed by atoms with van der Waals surface area (Å²) in [6, 6.07) is 11.1. The van der Waals surface area contributed by atoms with Crippen molar-refractivity contribution in [1.82, 2.24) is 14.6 Å². The van der Waals surface area contributed by atoms with Crippen molar-refractivity contribution in [1.29, 1.82) is 0 Å². The SMILES string of the molecule is CCCCSc1cc2[nH]c(-c3ccc(OC)cc3)cc(=O)n2n1. The van der Waals surface area contributed by atoms with E-state index in [0.717, 1.165) is 40.6 Å². The smallest absolute Gasteiger partial charge is 0.274 e. The van der Waals surface area contributed by atoms with Crippen LogP contribution in [0.3, 0.4) is 0 Å². The summed E-state index contributed by atoms with van der Waals surface area (Å²) in [5, 5.41) is 5.24. The molecule has 0 saturated heterocycles. The quantitative estimate of drug-likeness (QED) is 0.554. The molecule has 0 aliphatic carbocycles. The number of rotatable bonds is 6. The normalized spacial score (nSPS) is 11.0. The van der Waals surface area contributed by atoms with E-state index in [9.17, 15) is 4.79 Å². The highest BCUT2D eigenvalue weighted by Gasteiger charge is 2.08. The van der Waals surface area contributed by atoms with Crippen molar-refractivity contribution in [2.24, 2.45) is 0 Å². The van der Waals surface area contributed by atoms with Crippen molar-refractivity contribution in [3.8, 4) is 17.0 Å². The molecule has 0 fully saturated rings. The molecule has 0 bridgehead atoms. The van der Waals surface area contributed by atoms with E-state index >= 15 is 0 Å². The second kappa shape index (κ2) is 6.91. The number of unbranched alkanes of at least 4 members (excludes halogenated alkanes) is 1. The molecule has 0 saturated carbocycles. The molecular formula is C17H19N3O2S. The fourth-order valence-electron chi connectivity index (χ4n) is 2.29. The summed E-state index contributed by atoms with van der Waals surface area (Å²) >= 11 is 1.68. The van der Waals surface area contributed by atoms with Crippen LogP contribution in [0.2, 0.25) is 0 Å². The van der Waals surface area contributed by atoms with Gasteiger partial charge in [-0.15, -0.1) is 11.8 Å². The number of hydrogen-bond acceptors (Lipinski definition) is 4. The van der Waals surface area contributed by atoms with Gasteiger partial charge in [0.25, 0.3) is 5.56 Å². The number of hydrogen-bond donors (Lipinski definition) is 1. The van der Waals surface area contributed by atoms with Crippen LogP contribution >= 0.6 is 11.8 Å². The fraction of sp³-hybridized carbons (Fsp3) is 0.294. The van der Waals surface area contributed by atoms with Gasteiger partial charge in [0.05, 0.1) is 12.8 Å². The van der Waals surface area contributed by atoms with Crippen LogP contribution in [-0.4, -0.2) is 27.5 Å². The van der Waals surface area contributed by atoms with Crippen LogP contribution in [0.1, 0.15) is 19.8 Å². The molecule has 0 radical (unpaired) electrons. The van der Waals surface area contributed by atoms with Crippen LogP contribution in [0.15, 0.2) is 46.2 Å². The van der Waals surface area contributed by atoms with Gasteiger partial charge in [0.2, 0.25) is 0 Å². The number of nitrogens with zero attached hydrogens (tertiary/aromatic N) is 2. The Kier molecular flexibility index (Phi) is 4.71. The predicted molar refractivity (Wildman–Crippen MR) is 93.4 cm³/mol. The Labute approximate surface area is 138 Å². The molecule has 0 spiro atoms. The molecule has 1 aromatic carbocycles. The lowest BCUT2D eigenvalue weighted by Crippen LogP contribution is -2.14. The minimum Gasteiger partial charge on any atom is -0.497 e. The topological polar surface area (TPSA) is 59.4 Å². The molecule has 1 N–H and O–H groups in total. The van der Waals surface area contributed by atoms with Crippen LogP contribution in [0.5, 0.6) is 5.75 Å². The second-order valence-electron chi connectivity index (χ2n) is 5.23. The van der Waals surface area contributed by atoms with Gasteiger partial charge in [-0.05, 0) is 42.0 Å². The maximum absolute atomic E-state index is 12.3. The molecule has 6 heteroatoms. The fourth-order valence-corrected chi connectivity index (χ4v) is 3.27. The Morgan fingerprint density at radius 2 is 2.04 bits per heavy atom. The van der Waals surface area contributed by atoms with E-state index < -0.39 is 0 Å².